The van der Waals surface area contributed by atoms with Crippen LogP contribution >= 0.6 is 0 Å². The maximum absolute atomic E-state index is 12.5. The van der Waals surface area contributed by atoms with Crippen molar-refractivity contribution in [1.29, 1.82) is 0 Å². The summed E-state index contributed by atoms with van der Waals surface area (Å²) < 4.78 is 102. The number of aromatic nitrogens is 1. The van der Waals surface area contributed by atoms with Crippen LogP contribution in [0.3, 0.4) is 0 Å². The standard InChI is InChI=1S/C9H6F8N2O/c10-7(11)5-3(2-18)1-4(20-9(15,16)17)6(19-5)8(12,13)14/h1,7H,2,18H2. The van der Waals surface area contributed by atoms with E-state index in [1.807, 2.05) is 0 Å². The van der Waals surface area contributed by atoms with Crippen molar-refractivity contribution in [1.82, 2.24) is 4.98 Å². The Balaban J connectivity index is 3.48. The maximum atomic E-state index is 12.5. The molecule has 1 aromatic rings. The number of halogens is 8. The van der Waals surface area contributed by atoms with Gasteiger partial charge in [0.15, 0.2) is 11.4 Å². The van der Waals surface area contributed by atoms with Crippen molar-refractivity contribution in [2.75, 3.05) is 0 Å². The summed E-state index contributed by atoms with van der Waals surface area (Å²) in [5, 5.41) is 0. The Morgan fingerprint density at radius 1 is 1.15 bits per heavy atom. The molecule has 0 aliphatic rings. The first kappa shape index (κ1) is 16.4. The van der Waals surface area contributed by atoms with E-state index in [-0.39, 0.29) is 6.07 Å². The van der Waals surface area contributed by atoms with E-state index in [4.69, 9.17) is 5.73 Å². The van der Waals surface area contributed by atoms with Crippen LogP contribution in [-0.4, -0.2) is 11.3 Å². The number of hydrogen-bond donors (Lipinski definition) is 1. The first-order valence-corrected chi connectivity index (χ1v) is 4.80. The highest BCUT2D eigenvalue weighted by Crippen LogP contribution is 2.39. The molecule has 0 atom stereocenters. The summed E-state index contributed by atoms with van der Waals surface area (Å²) in [5.74, 6) is -1.73. The van der Waals surface area contributed by atoms with Crippen molar-refractivity contribution in [2.24, 2.45) is 5.73 Å². The number of nitrogens with two attached hydrogens (primary N) is 1. The van der Waals surface area contributed by atoms with Gasteiger partial charge in [0.1, 0.15) is 5.69 Å². The first-order valence-electron chi connectivity index (χ1n) is 4.80. The Kier molecular flexibility index (Phi) is 4.42. The van der Waals surface area contributed by atoms with Crippen LogP contribution in [0.5, 0.6) is 5.75 Å². The lowest BCUT2D eigenvalue weighted by Gasteiger charge is -2.17. The molecule has 20 heavy (non-hydrogen) atoms. The van der Waals surface area contributed by atoms with Crippen LogP contribution in [0.25, 0.3) is 0 Å². The van der Waals surface area contributed by atoms with Crippen molar-refractivity contribution in [3.05, 3.63) is 23.0 Å². The molecule has 0 aliphatic carbocycles. The fraction of sp³-hybridized carbons (Fsp3) is 0.444. The van der Waals surface area contributed by atoms with E-state index in [1.54, 1.807) is 0 Å². The number of alkyl halides is 8. The van der Waals surface area contributed by atoms with Gasteiger partial charge in [-0.05, 0) is 11.6 Å². The van der Waals surface area contributed by atoms with Crippen molar-refractivity contribution in [3.63, 3.8) is 0 Å². The lowest BCUT2D eigenvalue weighted by atomic mass is 10.1. The van der Waals surface area contributed by atoms with E-state index in [2.05, 4.69) is 9.72 Å². The van der Waals surface area contributed by atoms with Gasteiger partial charge in [0.2, 0.25) is 0 Å². The van der Waals surface area contributed by atoms with Gasteiger partial charge in [0, 0.05) is 6.54 Å². The summed E-state index contributed by atoms with van der Waals surface area (Å²) in [4.78, 5) is 2.52. The lowest BCUT2D eigenvalue weighted by Crippen LogP contribution is -2.22. The zero-order valence-corrected chi connectivity index (χ0v) is 9.32. The normalized spacial score (nSPS) is 12.9. The van der Waals surface area contributed by atoms with Gasteiger partial charge in [-0.1, -0.05) is 0 Å². The van der Waals surface area contributed by atoms with Crippen LogP contribution in [-0.2, 0) is 12.7 Å². The van der Waals surface area contributed by atoms with Crippen LogP contribution in [0.1, 0.15) is 23.4 Å². The molecule has 114 valence electrons. The number of nitrogens with zero attached hydrogens (tertiary/aromatic N) is 1. The molecule has 1 rings (SSSR count). The Morgan fingerprint density at radius 2 is 1.70 bits per heavy atom. The predicted molar refractivity (Wildman–Crippen MR) is 48.8 cm³/mol. The van der Waals surface area contributed by atoms with Gasteiger partial charge < -0.3 is 10.5 Å². The number of rotatable bonds is 3. The third kappa shape index (κ3) is 3.92. The second-order valence-electron chi connectivity index (χ2n) is 3.43. The summed E-state index contributed by atoms with van der Waals surface area (Å²) in [6.45, 7) is -0.723. The van der Waals surface area contributed by atoms with Gasteiger partial charge in [-0.25, -0.2) is 13.8 Å². The van der Waals surface area contributed by atoms with Crippen LogP contribution in [0, 0.1) is 0 Å². The fourth-order valence-electron chi connectivity index (χ4n) is 1.31. The van der Waals surface area contributed by atoms with E-state index in [0.29, 0.717) is 0 Å². The molecule has 0 saturated heterocycles. The number of ether oxygens (including phenoxy) is 1. The second kappa shape index (κ2) is 5.38. The minimum absolute atomic E-state index is 0.158. The van der Waals surface area contributed by atoms with Crippen LogP contribution < -0.4 is 10.5 Å². The third-order valence-corrected chi connectivity index (χ3v) is 2.02. The highest BCUT2D eigenvalue weighted by atomic mass is 19.4. The van der Waals surface area contributed by atoms with Gasteiger partial charge in [0.05, 0.1) is 0 Å². The summed E-state index contributed by atoms with van der Waals surface area (Å²) in [7, 11) is 0. The Morgan fingerprint density at radius 3 is 2.05 bits per heavy atom. The molecule has 2 N–H and O–H groups in total. The molecule has 0 saturated carbocycles. The highest BCUT2D eigenvalue weighted by Gasteiger charge is 2.42. The van der Waals surface area contributed by atoms with E-state index in [0.717, 1.165) is 0 Å². The molecule has 0 radical (unpaired) electrons. The molecule has 1 aromatic heterocycles. The number of pyridine rings is 1. The molecule has 3 nitrogen and oxygen atoms in total. The van der Waals surface area contributed by atoms with Crippen molar-refractivity contribution < 1.29 is 39.9 Å². The molecule has 0 aliphatic heterocycles. The Bertz CT molecular complexity index is 482. The van der Waals surface area contributed by atoms with E-state index < -0.39 is 48.2 Å². The largest absolute Gasteiger partial charge is 0.573 e. The summed E-state index contributed by atoms with van der Waals surface area (Å²) in [6.07, 6.45) is -14.2. The van der Waals surface area contributed by atoms with E-state index in [1.165, 1.54) is 0 Å². The first-order chi connectivity index (χ1) is 8.95. The lowest BCUT2D eigenvalue weighted by molar-refractivity contribution is -0.276. The third-order valence-electron chi connectivity index (χ3n) is 2.02. The van der Waals surface area contributed by atoms with Gasteiger partial charge in [0.25, 0.3) is 6.43 Å². The molecular weight excluding hydrogens is 304 g/mol. The average Bonchev–Trinajstić information content (AvgIpc) is 2.24. The summed E-state index contributed by atoms with van der Waals surface area (Å²) in [6, 6.07) is 0.158. The zero-order chi connectivity index (χ0) is 15.7. The monoisotopic (exact) mass is 310 g/mol. The van der Waals surface area contributed by atoms with Crippen molar-refractivity contribution >= 4 is 0 Å². The van der Waals surface area contributed by atoms with Crippen molar-refractivity contribution in [3.8, 4) is 5.75 Å². The molecule has 0 fully saturated rings. The molecule has 0 aromatic carbocycles. The Hall–Kier alpha value is -1.65. The second-order valence-corrected chi connectivity index (χ2v) is 3.43. The minimum Gasteiger partial charge on any atom is -0.403 e. The maximum Gasteiger partial charge on any atom is 0.573 e. The van der Waals surface area contributed by atoms with E-state index in [9.17, 15) is 35.1 Å². The topological polar surface area (TPSA) is 48.1 Å². The SMILES string of the molecule is NCc1cc(OC(F)(F)F)c(C(F)(F)F)nc1C(F)F. The molecule has 0 bridgehead atoms. The van der Waals surface area contributed by atoms with E-state index >= 15 is 0 Å². The molecule has 0 spiro atoms. The quantitative estimate of drug-likeness (QED) is 0.871. The van der Waals surface area contributed by atoms with Crippen LogP contribution in [0.2, 0.25) is 0 Å². The summed E-state index contributed by atoms with van der Waals surface area (Å²) >= 11 is 0. The average molecular weight is 310 g/mol. The fourth-order valence-corrected chi connectivity index (χ4v) is 1.31. The number of hydrogen-bond acceptors (Lipinski definition) is 3. The zero-order valence-electron chi connectivity index (χ0n) is 9.32. The molecular formula is C9H6F8N2O. The predicted octanol–water partition coefficient (Wildman–Crippen LogP) is 3.40. The van der Waals surface area contributed by atoms with Gasteiger partial charge in [-0.15, -0.1) is 13.2 Å². The smallest absolute Gasteiger partial charge is 0.403 e. The van der Waals surface area contributed by atoms with Gasteiger partial charge in [-0.3, -0.25) is 0 Å². The Labute approximate surface area is 106 Å². The molecule has 11 heteroatoms. The van der Waals surface area contributed by atoms with Gasteiger partial charge >= 0.3 is 12.5 Å². The van der Waals surface area contributed by atoms with Crippen LogP contribution in [0.15, 0.2) is 6.07 Å². The van der Waals surface area contributed by atoms with Crippen molar-refractivity contribution in [2.45, 2.75) is 25.5 Å². The highest BCUT2D eigenvalue weighted by molar-refractivity contribution is 5.38. The molecule has 0 unspecified atom stereocenters. The van der Waals surface area contributed by atoms with Gasteiger partial charge in [-0.2, -0.15) is 13.2 Å². The minimum atomic E-state index is -5.43. The molecule has 0 amide bonds. The van der Waals surface area contributed by atoms with Crippen LogP contribution in [0.4, 0.5) is 35.1 Å². The molecule has 1 heterocycles. The summed E-state index contributed by atoms with van der Waals surface area (Å²) in [5.41, 5.74) is 0.784.